The predicted molar refractivity (Wildman–Crippen MR) is 63.7 cm³/mol. The van der Waals surface area contributed by atoms with Crippen LogP contribution in [0.3, 0.4) is 0 Å². The quantitative estimate of drug-likeness (QED) is 0.779. The van der Waals surface area contributed by atoms with Crippen molar-refractivity contribution in [3.63, 3.8) is 0 Å². The molecule has 0 fully saturated rings. The molecule has 0 aliphatic carbocycles. The zero-order valence-corrected chi connectivity index (χ0v) is 9.86. The van der Waals surface area contributed by atoms with Gasteiger partial charge >= 0.3 is 0 Å². The van der Waals surface area contributed by atoms with Gasteiger partial charge in [-0.05, 0) is 31.5 Å². The zero-order valence-electron chi connectivity index (χ0n) is 9.86. The predicted octanol–water partition coefficient (Wildman–Crippen LogP) is 0.991. The van der Waals surface area contributed by atoms with Crippen LogP contribution in [0.2, 0.25) is 0 Å². The summed E-state index contributed by atoms with van der Waals surface area (Å²) < 4.78 is 0. The number of carbonyl (C=O) groups is 1. The fourth-order valence-electron chi connectivity index (χ4n) is 1.36. The van der Waals surface area contributed by atoms with E-state index in [1.807, 2.05) is 32.0 Å². The average molecular weight is 221 g/mol. The molecule has 0 spiro atoms. The molecule has 88 valence electrons. The highest BCUT2D eigenvalue weighted by molar-refractivity contribution is 5.76. The number of nitrogens with two attached hydrogens (primary N) is 1. The monoisotopic (exact) mass is 221 g/mol. The van der Waals surface area contributed by atoms with E-state index in [9.17, 15) is 4.79 Å². The van der Waals surface area contributed by atoms with Gasteiger partial charge in [0.2, 0.25) is 5.91 Å². The van der Waals surface area contributed by atoms with Gasteiger partial charge in [0.05, 0.1) is 12.2 Å². The van der Waals surface area contributed by atoms with Gasteiger partial charge in [0, 0.05) is 12.1 Å². The van der Waals surface area contributed by atoms with Crippen molar-refractivity contribution in [2.75, 3.05) is 6.54 Å². The standard InChI is InChI=1S/C12H19N3O/c1-9(7-13)6-12(16)14-8-11-5-3-4-10(2)15-11/h3-5,9H,6-8,13H2,1-2H3,(H,14,16). The highest BCUT2D eigenvalue weighted by Gasteiger charge is 2.07. The first-order chi connectivity index (χ1) is 7.61. The molecule has 1 amide bonds. The molecule has 1 atom stereocenters. The van der Waals surface area contributed by atoms with Gasteiger partial charge in [-0.2, -0.15) is 0 Å². The summed E-state index contributed by atoms with van der Waals surface area (Å²) in [7, 11) is 0. The Labute approximate surface area is 96.3 Å². The van der Waals surface area contributed by atoms with Crippen LogP contribution in [0, 0.1) is 12.8 Å². The van der Waals surface area contributed by atoms with Crippen molar-refractivity contribution in [1.29, 1.82) is 0 Å². The maximum atomic E-state index is 11.5. The third-order valence-corrected chi connectivity index (χ3v) is 2.35. The third kappa shape index (κ3) is 4.40. The molecule has 0 saturated carbocycles. The van der Waals surface area contributed by atoms with E-state index in [1.54, 1.807) is 0 Å². The molecule has 1 heterocycles. The summed E-state index contributed by atoms with van der Waals surface area (Å²) in [5.41, 5.74) is 7.30. The van der Waals surface area contributed by atoms with E-state index in [-0.39, 0.29) is 11.8 Å². The van der Waals surface area contributed by atoms with Crippen molar-refractivity contribution < 1.29 is 4.79 Å². The number of hydrogen-bond acceptors (Lipinski definition) is 3. The third-order valence-electron chi connectivity index (χ3n) is 2.35. The van der Waals surface area contributed by atoms with Crippen LogP contribution in [0.1, 0.15) is 24.7 Å². The SMILES string of the molecule is Cc1cccc(CNC(=O)CC(C)CN)n1. The Morgan fingerprint density at radius 3 is 2.94 bits per heavy atom. The molecule has 0 aliphatic rings. The highest BCUT2D eigenvalue weighted by atomic mass is 16.1. The van der Waals surface area contributed by atoms with Crippen LogP contribution in [0.25, 0.3) is 0 Å². The smallest absolute Gasteiger partial charge is 0.220 e. The Morgan fingerprint density at radius 1 is 1.56 bits per heavy atom. The lowest BCUT2D eigenvalue weighted by Crippen LogP contribution is -2.27. The minimum Gasteiger partial charge on any atom is -0.350 e. The fraction of sp³-hybridized carbons (Fsp3) is 0.500. The fourth-order valence-corrected chi connectivity index (χ4v) is 1.36. The van der Waals surface area contributed by atoms with E-state index in [2.05, 4.69) is 10.3 Å². The summed E-state index contributed by atoms with van der Waals surface area (Å²) in [6.45, 7) is 4.92. The van der Waals surface area contributed by atoms with Crippen molar-refractivity contribution in [2.24, 2.45) is 11.7 Å². The van der Waals surface area contributed by atoms with E-state index >= 15 is 0 Å². The number of rotatable bonds is 5. The number of hydrogen-bond donors (Lipinski definition) is 2. The molecule has 0 aromatic carbocycles. The van der Waals surface area contributed by atoms with Gasteiger partial charge < -0.3 is 11.1 Å². The van der Waals surface area contributed by atoms with E-state index in [0.717, 1.165) is 11.4 Å². The number of aromatic nitrogens is 1. The number of nitrogens with zero attached hydrogens (tertiary/aromatic N) is 1. The molecule has 1 aromatic heterocycles. The minimum atomic E-state index is 0.0289. The first-order valence-corrected chi connectivity index (χ1v) is 5.51. The Balaban J connectivity index is 2.37. The van der Waals surface area contributed by atoms with Crippen molar-refractivity contribution in [2.45, 2.75) is 26.8 Å². The molecule has 16 heavy (non-hydrogen) atoms. The maximum absolute atomic E-state index is 11.5. The van der Waals surface area contributed by atoms with Gasteiger partial charge in [0.1, 0.15) is 0 Å². The Morgan fingerprint density at radius 2 is 2.31 bits per heavy atom. The molecular weight excluding hydrogens is 202 g/mol. The molecule has 3 N–H and O–H groups in total. The Bertz CT molecular complexity index is 352. The molecule has 0 radical (unpaired) electrons. The van der Waals surface area contributed by atoms with Gasteiger partial charge in [0.25, 0.3) is 0 Å². The van der Waals surface area contributed by atoms with Gasteiger partial charge in [-0.1, -0.05) is 13.0 Å². The van der Waals surface area contributed by atoms with Gasteiger partial charge in [0.15, 0.2) is 0 Å². The molecular formula is C12H19N3O. The van der Waals surface area contributed by atoms with Crippen LogP contribution in [0.15, 0.2) is 18.2 Å². The average Bonchev–Trinajstić information content (AvgIpc) is 2.26. The van der Waals surface area contributed by atoms with Crippen LogP contribution < -0.4 is 11.1 Å². The van der Waals surface area contributed by atoms with Gasteiger partial charge in [-0.15, -0.1) is 0 Å². The first-order valence-electron chi connectivity index (χ1n) is 5.51. The zero-order chi connectivity index (χ0) is 12.0. The lowest BCUT2D eigenvalue weighted by Gasteiger charge is -2.09. The Kier molecular flexibility index (Phi) is 4.92. The lowest BCUT2D eigenvalue weighted by atomic mass is 10.1. The van der Waals surface area contributed by atoms with Crippen molar-refractivity contribution in [1.82, 2.24) is 10.3 Å². The highest BCUT2D eigenvalue weighted by Crippen LogP contribution is 2.00. The lowest BCUT2D eigenvalue weighted by molar-refractivity contribution is -0.122. The number of aryl methyl sites for hydroxylation is 1. The second-order valence-electron chi connectivity index (χ2n) is 4.09. The summed E-state index contributed by atoms with van der Waals surface area (Å²) in [6.07, 6.45) is 0.475. The van der Waals surface area contributed by atoms with Crippen LogP contribution >= 0.6 is 0 Å². The Hall–Kier alpha value is -1.42. The molecule has 4 nitrogen and oxygen atoms in total. The molecule has 0 aliphatic heterocycles. The minimum absolute atomic E-state index is 0.0289. The van der Waals surface area contributed by atoms with Crippen molar-refractivity contribution in [3.8, 4) is 0 Å². The molecule has 1 aromatic rings. The topological polar surface area (TPSA) is 68.0 Å². The normalized spacial score (nSPS) is 12.2. The second-order valence-corrected chi connectivity index (χ2v) is 4.09. The van der Waals surface area contributed by atoms with Crippen LogP contribution in [-0.2, 0) is 11.3 Å². The molecule has 0 bridgehead atoms. The van der Waals surface area contributed by atoms with Crippen LogP contribution in [-0.4, -0.2) is 17.4 Å². The summed E-state index contributed by atoms with van der Waals surface area (Å²) in [6, 6.07) is 5.77. The van der Waals surface area contributed by atoms with E-state index in [4.69, 9.17) is 5.73 Å². The van der Waals surface area contributed by atoms with Crippen molar-refractivity contribution >= 4 is 5.91 Å². The van der Waals surface area contributed by atoms with E-state index in [0.29, 0.717) is 19.5 Å². The van der Waals surface area contributed by atoms with Crippen LogP contribution in [0.5, 0.6) is 0 Å². The number of amides is 1. The number of nitrogens with one attached hydrogen (secondary N) is 1. The molecule has 0 saturated heterocycles. The van der Waals surface area contributed by atoms with Crippen molar-refractivity contribution in [3.05, 3.63) is 29.6 Å². The maximum Gasteiger partial charge on any atom is 0.220 e. The van der Waals surface area contributed by atoms with Gasteiger partial charge in [-0.3, -0.25) is 9.78 Å². The molecule has 1 unspecified atom stereocenters. The number of pyridine rings is 1. The first kappa shape index (κ1) is 12.6. The number of carbonyl (C=O) groups excluding carboxylic acids is 1. The molecule has 4 heteroatoms. The van der Waals surface area contributed by atoms with E-state index in [1.165, 1.54) is 0 Å². The summed E-state index contributed by atoms with van der Waals surface area (Å²) in [5.74, 6) is 0.256. The summed E-state index contributed by atoms with van der Waals surface area (Å²) >= 11 is 0. The second kappa shape index (κ2) is 6.23. The molecule has 1 rings (SSSR count). The summed E-state index contributed by atoms with van der Waals surface area (Å²) in [4.78, 5) is 15.8. The largest absolute Gasteiger partial charge is 0.350 e. The van der Waals surface area contributed by atoms with Gasteiger partial charge in [-0.25, -0.2) is 0 Å². The summed E-state index contributed by atoms with van der Waals surface area (Å²) in [5, 5.41) is 2.83. The van der Waals surface area contributed by atoms with E-state index < -0.39 is 0 Å². The van der Waals surface area contributed by atoms with Crippen LogP contribution in [0.4, 0.5) is 0 Å².